The van der Waals surface area contributed by atoms with Crippen LogP contribution in [0.4, 0.5) is 5.69 Å². The Labute approximate surface area is 162 Å². The summed E-state index contributed by atoms with van der Waals surface area (Å²) in [6.45, 7) is 2.09. The van der Waals surface area contributed by atoms with E-state index < -0.39 is 5.97 Å². The van der Waals surface area contributed by atoms with Crippen LogP contribution in [0, 0.1) is 6.92 Å². The smallest absolute Gasteiger partial charge is 0.312 e. The molecular formula is C22H20N2O4. The minimum atomic E-state index is -0.503. The van der Waals surface area contributed by atoms with Crippen LogP contribution in [0.25, 0.3) is 11.5 Å². The zero-order valence-electron chi connectivity index (χ0n) is 15.6. The molecule has 6 heteroatoms. The van der Waals surface area contributed by atoms with Crippen LogP contribution < -0.4 is 4.90 Å². The fourth-order valence-electron chi connectivity index (χ4n) is 3.30. The van der Waals surface area contributed by atoms with Crippen molar-refractivity contribution in [1.29, 1.82) is 0 Å². The second kappa shape index (κ2) is 7.68. The van der Waals surface area contributed by atoms with Crippen LogP contribution in [0.5, 0.6) is 0 Å². The van der Waals surface area contributed by atoms with Crippen LogP contribution in [0.2, 0.25) is 0 Å². The first-order valence-corrected chi connectivity index (χ1v) is 9.17. The number of fused-ring (bicyclic) bond motifs is 1. The van der Waals surface area contributed by atoms with Gasteiger partial charge in [-0.1, -0.05) is 36.4 Å². The molecule has 0 aliphatic carbocycles. The molecule has 2 heterocycles. The third kappa shape index (κ3) is 3.67. The molecule has 0 N–H and O–H groups in total. The molecule has 4 rings (SSSR count). The van der Waals surface area contributed by atoms with Crippen molar-refractivity contribution in [2.75, 3.05) is 18.1 Å². The second-order valence-corrected chi connectivity index (χ2v) is 6.65. The van der Waals surface area contributed by atoms with E-state index in [1.54, 1.807) is 11.8 Å². The number of anilines is 1. The summed E-state index contributed by atoms with van der Waals surface area (Å²) in [5.41, 5.74) is 3.38. The average Bonchev–Trinajstić information content (AvgIpc) is 3.31. The highest BCUT2D eigenvalue weighted by Gasteiger charge is 2.25. The van der Waals surface area contributed by atoms with Crippen molar-refractivity contribution in [2.45, 2.75) is 19.8 Å². The van der Waals surface area contributed by atoms with Crippen molar-refractivity contribution in [1.82, 2.24) is 4.98 Å². The van der Waals surface area contributed by atoms with Crippen LogP contribution in [-0.2, 0) is 27.2 Å². The Hall–Kier alpha value is -3.41. The minimum absolute atomic E-state index is 0.0357. The molecule has 0 spiro atoms. The van der Waals surface area contributed by atoms with Gasteiger partial charge in [0.25, 0.3) is 5.91 Å². The molecule has 0 atom stereocenters. The SMILES string of the molecule is Cc1oc(-c2ccccc2)nc1CC(=O)OCC(=O)N1CCc2ccccc21. The topological polar surface area (TPSA) is 72.6 Å². The van der Waals surface area contributed by atoms with Gasteiger partial charge >= 0.3 is 5.97 Å². The molecule has 1 aromatic heterocycles. The Bertz CT molecular complexity index is 1010. The van der Waals surface area contributed by atoms with Gasteiger partial charge in [0.2, 0.25) is 5.89 Å². The van der Waals surface area contributed by atoms with Crippen molar-refractivity contribution in [3.63, 3.8) is 0 Å². The highest BCUT2D eigenvalue weighted by Crippen LogP contribution is 2.27. The molecular weight excluding hydrogens is 356 g/mol. The standard InChI is InChI=1S/C22H20N2O4/c1-15-18(23-22(28-15)17-8-3-2-4-9-17)13-21(26)27-14-20(25)24-12-11-16-7-5-6-10-19(16)24/h2-10H,11-14H2,1H3. The first-order chi connectivity index (χ1) is 13.6. The molecule has 0 saturated heterocycles. The zero-order chi connectivity index (χ0) is 19.5. The van der Waals surface area contributed by atoms with Crippen molar-refractivity contribution >= 4 is 17.6 Å². The van der Waals surface area contributed by atoms with Gasteiger partial charge in [-0.2, -0.15) is 0 Å². The van der Waals surface area contributed by atoms with E-state index in [1.165, 1.54) is 0 Å². The maximum absolute atomic E-state index is 12.4. The lowest BCUT2D eigenvalue weighted by molar-refractivity contribution is -0.147. The number of nitrogens with zero attached hydrogens (tertiary/aromatic N) is 2. The van der Waals surface area contributed by atoms with Gasteiger partial charge in [0.1, 0.15) is 5.76 Å². The van der Waals surface area contributed by atoms with E-state index in [1.807, 2.05) is 54.6 Å². The summed E-state index contributed by atoms with van der Waals surface area (Å²) in [5, 5.41) is 0. The fourth-order valence-corrected chi connectivity index (χ4v) is 3.30. The quantitative estimate of drug-likeness (QED) is 0.639. The number of aryl methyl sites for hydroxylation is 1. The number of hydrogen-bond donors (Lipinski definition) is 0. The molecule has 142 valence electrons. The summed E-state index contributed by atoms with van der Waals surface area (Å²) in [7, 11) is 0. The minimum Gasteiger partial charge on any atom is -0.455 e. The van der Waals surface area contributed by atoms with Gasteiger partial charge in [0, 0.05) is 17.8 Å². The number of benzene rings is 2. The van der Waals surface area contributed by atoms with E-state index in [0.717, 1.165) is 23.2 Å². The van der Waals surface area contributed by atoms with E-state index in [2.05, 4.69) is 4.98 Å². The zero-order valence-corrected chi connectivity index (χ0v) is 15.6. The van der Waals surface area contributed by atoms with Crippen LogP contribution in [0.3, 0.4) is 0 Å². The molecule has 28 heavy (non-hydrogen) atoms. The highest BCUT2D eigenvalue weighted by molar-refractivity contribution is 5.97. The van der Waals surface area contributed by atoms with Crippen LogP contribution in [-0.4, -0.2) is 30.0 Å². The van der Waals surface area contributed by atoms with E-state index in [4.69, 9.17) is 9.15 Å². The van der Waals surface area contributed by atoms with E-state index in [0.29, 0.717) is 23.9 Å². The molecule has 1 aliphatic rings. The number of amides is 1. The second-order valence-electron chi connectivity index (χ2n) is 6.65. The number of rotatable bonds is 5. The third-order valence-corrected chi connectivity index (χ3v) is 4.77. The molecule has 0 unspecified atom stereocenters. The van der Waals surface area contributed by atoms with Gasteiger partial charge < -0.3 is 14.1 Å². The Morgan fingerprint density at radius 1 is 1.11 bits per heavy atom. The molecule has 1 amide bonds. The van der Waals surface area contributed by atoms with Crippen molar-refractivity contribution in [3.05, 3.63) is 71.6 Å². The number of para-hydroxylation sites is 1. The molecule has 3 aromatic rings. The largest absolute Gasteiger partial charge is 0.455 e. The predicted molar refractivity (Wildman–Crippen MR) is 104 cm³/mol. The van der Waals surface area contributed by atoms with Gasteiger partial charge in [-0.3, -0.25) is 9.59 Å². The Kier molecular flexibility index (Phi) is 4.93. The van der Waals surface area contributed by atoms with Crippen LogP contribution in [0.15, 0.2) is 59.0 Å². The summed E-state index contributed by atoms with van der Waals surface area (Å²) >= 11 is 0. The van der Waals surface area contributed by atoms with Crippen molar-refractivity contribution in [3.8, 4) is 11.5 Å². The predicted octanol–water partition coefficient (Wildman–Crippen LogP) is 3.33. The molecule has 2 aromatic carbocycles. The van der Waals surface area contributed by atoms with Gasteiger partial charge in [-0.25, -0.2) is 4.98 Å². The summed E-state index contributed by atoms with van der Waals surface area (Å²) in [6.07, 6.45) is 0.780. The number of ether oxygens (including phenoxy) is 1. The van der Waals surface area contributed by atoms with Crippen LogP contribution in [0.1, 0.15) is 17.0 Å². The molecule has 6 nitrogen and oxygen atoms in total. The van der Waals surface area contributed by atoms with Gasteiger partial charge in [0.15, 0.2) is 6.61 Å². The van der Waals surface area contributed by atoms with Gasteiger partial charge in [0.05, 0.1) is 12.1 Å². The Morgan fingerprint density at radius 2 is 1.86 bits per heavy atom. The van der Waals surface area contributed by atoms with Gasteiger partial charge in [-0.05, 0) is 37.1 Å². The lowest BCUT2D eigenvalue weighted by Crippen LogP contribution is -2.33. The molecule has 1 aliphatic heterocycles. The van der Waals surface area contributed by atoms with E-state index in [9.17, 15) is 9.59 Å². The molecule has 0 fully saturated rings. The number of hydrogen-bond acceptors (Lipinski definition) is 5. The number of esters is 1. The Morgan fingerprint density at radius 3 is 2.68 bits per heavy atom. The lowest BCUT2D eigenvalue weighted by Gasteiger charge is -2.17. The summed E-state index contributed by atoms with van der Waals surface area (Å²) in [6, 6.07) is 17.2. The maximum Gasteiger partial charge on any atom is 0.312 e. The Balaban J connectivity index is 1.35. The van der Waals surface area contributed by atoms with Crippen LogP contribution >= 0.6 is 0 Å². The first-order valence-electron chi connectivity index (χ1n) is 9.17. The monoisotopic (exact) mass is 376 g/mol. The van der Waals surface area contributed by atoms with E-state index >= 15 is 0 Å². The van der Waals surface area contributed by atoms with Crippen molar-refractivity contribution in [2.24, 2.45) is 0 Å². The summed E-state index contributed by atoms with van der Waals surface area (Å²) in [5.74, 6) is 0.304. The van der Waals surface area contributed by atoms with E-state index in [-0.39, 0.29) is 18.9 Å². The third-order valence-electron chi connectivity index (χ3n) is 4.77. The number of carbonyl (C=O) groups is 2. The summed E-state index contributed by atoms with van der Waals surface area (Å²) < 4.78 is 10.8. The number of aromatic nitrogens is 1. The molecule has 0 saturated carbocycles. The first kappa shape index (κ1) is 18.0. The average molecular weight is 376 g/mol. The van der Waals surface area contributed by atoms with Gasteiger partial charge in [-0.15, -0.1) is 0 Å². The lowest BCUT2D eigenvalue weighted by atomic mass is 10.2. The van der Waals surface area contributed by atoms with Crippen molar-refractivity contribution < 1.29 is 18.7 Å². The fraction of sp³-hybridized carbons (Fsp3) is 0.227. The normalized spacial score (nSPS) is 12.7. The highest BCUT2D eigenvalue weighted by atomic mass is 16.5. The molecule has 0 radical (unpaired) electrons. The maximum atomic E-state index is 12.4. The summed E-state index contributed by atoms with van der Waals surface area (Å²) in [4.78, 5) is 30.7. The number of oxazole rings is 1. The molecule has 0 bridgehead atoms. The number of carbonyl (C=O) groups excluding carboxylic acids is 2.